The highest BCUT2D eigenvalue weighted by Gasteiger charge is 2.13. The van der Waals surface area contributed by atoms with Gasteiger partial charge in [-0.25, -0.2) is 4.79 Å². The minimum Gasteiger partial charge on any atom is -0.456 e. The van der Waals surface area contributed by atoms with Gasteiger partial charge in [0.1, 0.15) is 16.7 Å². The average Bonchev–Trinajstić information content (AvgIpc) is 2.79. The third kappa shape index (κ3) is 1.34. The van der Waals surface area contributed by atoms with Crippen LogP contribution < -0.4 is 5.63 Å². The fraction of sp³-hybridized carbons (Fsp3) is 0.0667. The zero-order valence-electron chi connectivity index (χ0n) is 10.1. The molecule has 3 aromatic heterocycles. The van der Waals surface area contributed by atoms with Gasteiger partial charge in [-0.05, 0) is 25.1 Å². The number of benzene rings is 1. The molecule has 0 radical (unpaired) electrons. The third-order valence-corrected chi connectivity index (χ3v) is 3.37. The lowest BCUT2D eigenvalue weighted by Gasteiger charge is -2.00. The van der Waals surface area contributed by atoms with Crippen LogP contribution in [0.5, 0.6) is 0 Å². The van der Waals surface area contributed by atoms with Crippen molar-refractivity contribution in [2.45, 2.75) is 6.92 Å². The molecule has 4 nitrogen and oxygen atoms in total. The van der Waals surface area contributed by atoms with Crippen LogP contribution in [0, 0.1) is 6.92 Å². The Hall–Kier alpha value is -2.62. The Labute approximate surface area is 107 Å². The van der Waals surface area contributed by atoms with E-state index in [-0.39, 0.29) is 5.63 Å². The third-order valence-electron chi connectivity index (χ3n) is 3.37. The molecule has 1 aromatic carbocycles. The number of hydrogen-bond donors (Lipinski definition) is 0. The molecule has 0 fully saturated rings. The number of nitrogens with zero attached hydrogens (tertiary/aromatic N) is 1. The zero-order chi connectivity index (χ0) is 13.0. The normalized spacial score (nSPS) is 11.6. The Morgan fingerprint density at radius 1 is 1.05 bits per heavy atom. The van der Waals surface area contributed by atoms with Crippen molar-refractivity contribution in [3.8, 4) is 0 Å². The Morgan fingerprint density at radius 2 is 1.95 bits per heavy atom. The maximum absolute atomic E-state index is 11.3. The summed E-state index contributed by atoms with van der Waals surface area (Å²) in [4.78, 5) is 15.5. The molecular weight excluding hydrogens is 242 g/mol. The molecule has 0 saturated heterocycles. The molecular formula is C15H9NO3. The lowest BCUT2D eigenvalue weighted by atomic mass is 10.1. The van der Waals surface area contributed by atoms with E-state index in [1.54, 1.807) is 18.5 Å². The van der Waals surface area contributed by atoms with Crippen molar-refractivity contribution in [2.24, 2.45) is 0 Å². The first-order chi connectivity index (χ1) is 9.24. The SMILES string of the molecule is Cc1c2oc(=O)ccc2cc2c1oc1ccncc12. The van der Waals surface area contributed by atoms with E-state index < -0.39 is 0 Å². The van der Waals surface area contributed by atoms with Gasteiger partial charge in [0.05, 0.1) is 0 Å². The Morgan fingerprint density at radius 3 is 2.84 bits per heavy atom. The lowest BCUT2D eigenvalue weighted by molar-refractivity contribution is 0.557. The highest BCUT2D eigenvalue weighted by molar-refractivity contribution is 6.10. The van der Waals surface area contributed by atoms with E-state index in [9.17, 15) is 4.79 Å². The number of pyridine rings is 1. The van der Waals surface area contributed by atoms with Crippen molar-refractivity contribution in [1.29, 1.82) is 0 Å². The summed E-state index contributed by atoms with van der Waals surface area (Å²) in [7, 11) is 0. The van der Waals surface area contributed by atoms with E-state index in [2.05, 4.69) is 4.98 Å². The molecule has 0 aliphatic heterocycles. The maximum atomic E-state index is 11.3. The highest BCUT2D eigenvalue weighted by Crippen LogP contribution is 2.34. The van der Waals surface area contributed by atoms with Gasteiger partial charge in [-0.1, -0.05) is 0 Å². The molecule has 0 unspecified atom stereocenters. The Bertz CT molecular complexity index is 995. The van der Waals surface area contributed by atoms with Gasteiger partial charge in [0.2, 0.25) is 0 Å². The molecule has 0 amide bonds. The predicted molar refractivity (Wildman–Crippen MR) is 72.3 cm³/mol. The number of aromatic nitrogens is 1. The summed E-state index contributed by atoms with van der Waals surface area (Å²) in [5, 5.41) is 2.84. The molecule has 4 heteroatoms. The Kier molecular flexibility index (Phi) is 1.87. The molecule has 4 aromatic rings. The molecule has 92 valence electrons. The van der Waals surface area contributed by atoms with Crippen molar-refractivity contribution in [3.05, 3.63) is 52.6 Å². The van der Waals surface area contributed by atoms with Gasteiger partial charge in [-0.2, -0.15) is 0 Å². The van der Waals surface area contributed by atoms with E-state index in [4.69, 9.17) is 8.83 Å². The van der Waals surface area contributed by atoms with Crippen molar-refractivity contribution in [1.82, 2.24) is 4.98 Å². The standard InChI is InChI=1S/C15H9NO3/c1-8-14-9(2-3-13(17)19-14)6-10-11-7-16-5-4-12(11)18-15(8)10/h2-7H,1H3. The largest absolute Gasteiger partial charge is 0.456 e. The first-order valence-electron chi connectivity index (χ1n) is 5.94. The summed E-state index contributed by atoms with van der Waals surface area (Å²) in [6.07, 6.45) is 3.48. The van der Waals surface area contributed by atoms with Crippen LogP contribution in [0.3, 0.4) is 0 Å². The van der Waals surface area contributed by atoms with E-state index in [0.29, 0.717) is 5.58 Å². The summed E-state index contributed by atoms with van der Waals surface area (Å²) in [6, 6.07) is 6.99. The predicted octanol–water partition coefficient (Wildman–Crippen LogP) is 3.40. The van der Waals surface area contributed by atoms with Crippen LogP contribution in [0.2, 0.25) is 0 Å². The summed E-state index contributed by atoms with van der Waals surface area (Å²) < 4.78 is 11.1. The molecule has 4 rings (SSSR count). The molecule has 19 heavy (non-hydrogen) atoms. The lowest BCUT2D eigenvalue weighted by Crippen LogP contribution is -1.95. The van der Waals surface area contributed by atoms with Gasteiger partial charge in [0.25, 0.3) is 0 Å². The zero-order valence-corrected chi connectivity index (χ0v) is 10.1. The van der Waals surface area contributed by atoms with Crippen LogP contribution in [0.25, 0.3) is 32.9 Å². The van der Waals surface area contributed by atoms with Crippen LogP contribution in [0.1, 0.15) is 5.56 Å². The molecule has 0 aliphatic rings. The summed E-state index contributed by atoms with van der Waals surface area (Å²) >= 11 is 0. The van der Waals surface area contributed by atoms with Gasteiger partial charge >= 0.3 is 5.63 Å². The van der Waals surface area contributed by atoms with Gasteiger partial charge in [0.15, 0.2) is 0 Å². The van der Waals surface area contributed by atoms with Crippen LogP contribution >= 0.6 is 0 Å². The topological polar surface area (TPSA) is 56.2 Å². The maximum Gasteiger partial charge on any atom is 0.336 e. The quantitative estimate of drug-likeness (QED) is 0.449. The second-order valence-electron chi connectivity index (χ2n) is 4.52. The minimum absolute atomic E-state index is 0.354. The van der Waals surface area contributed by atoms with Gasteiger partial charge in [0, 0.05) is 40.2 Å². The number of hydrogen-bond acceptors (Lipinski definition) is 4. The van der Waals surface area contributed by atoms with Crippen molar-refractivity contribution in [3.63, 3.8) is 0 Å². The van der Waals surface area contributed by atoms with E-state index in [1.807, 2.05) is 19.1 Å². The second kappa shape index (κ2) is 3.45. The molecule has 0 bridgehead atoms. The molecule has 0 spiro atoms. The van der Waals surface area contributed by atoms with Crippen molar-refractivity contribution in [2.75, 3.05) is 0 Å². The van der Waals surface area contributed by atoms with Crippen molar-refractivity contribution < 1.29 is 8.83 Å². The summed E-state index contributed by atoms with van der Waals surface area (Å²) in [5.74, 6) is 0. The number of fused-ring (bicyclic) bond motifs is 4. The molecule has 0 aliphatic carbocycles. The summed E-state index contributed by atoms with van der Waals surface area (Å²) in [6.45, 7) is 1.89. The first-order valence-corrected chi connectivity index (χ1v) is 5.94. The van der Waals surface area contributed by atoms with Crippen LogP contribution in [-0.4, -0.2) is 4.98 Å². The number of rotatable bonds is 0. The fourth-order valence-electron chi connectivity index (χ4n) is 2.47. The molecule has 0 N–H and O–H groups in total. The second-order valence-corrected chi connectivity index (χ2v) is 4.52. The van der Waals surface area contributed by atoms with E-state index >= 15 is 0 Å². The Balaban J connectivity index is 2.33. The summed E-state index contributed by atoms with van der Waals surface area (Å²) in [5.41, 5.74) is 2.58. The van der Waals surface area contributed by atoms with Crippen LogP contribution in [-0.2, 0) is 0 Å². The van der Waals surface area contributed by atoms with E-state index in [0.717, 1.165) is 32.9 Å². The highest BCUT2D eigenvalue weighted by atomic mass is 16.4. The number of furan rings is 1. The monoisotopic (exact) mass is 251 g/mol. The van der Waals surface area contributed by atoms with Crippen molar-refractivity contribution >= 4 is 32.9 Å². The first kappa shape index (κ1) is 10.3. The van der Waals surface area contributed by atoms with Gasteiger partial charge < -0.3 is 8.83 Å². The van der Waals surface area contributed by atoms with Gasteiger partial charge in [-0.3, -0.25) is 4.98 Å². The molecule has 3 heterocycles. The molecule has 0 saturated carbocycles. The average molecular weight is 251 g/mol. The fourth-order valence-corrected chi connectivity index (χ4v) is 2.47. The van der Waals surface area contributed by atoms with E-state index in [1.165, 1.54) is 6.07 Å². The minimum atomic E-state index is -0.354. The smallest absolute Gasteiger partial charge is 0.336 e. The van der Waals surface area contributed by atoms with Crippen LogP contribution in [0.4, 0.5) is 0 Å². The molecule has 0 atom stereocenters. The van der Waals surface area contributed by atoms with Crippen LogP contribution in [0.15, 0.2) is 50.3 Å². The number of aryl methyl sites for hydroxylation is 1. The van der Waals surface area contributed by atoms with Gasteiger partial charge in [-0.15, -0.1) is 0 Å².